The topological polar surface area (TPSA) is 65.5 Å². The van der Waals surface area contributed by atoms with Crippen molar-refractivity contribution in [3.8, 4) is 0 Å². The van der Waals surface area contributed by atoms with Gasteiger partial charge in [0.25, 0.3) is 0 Å². The van der Waals surface area contributed by atoms with Gasteiger partial charge in [-0.1, -0.05) is 6.42 Å². The molecule has 2 heterocycles. The van der Waals surface area contributed by atoms with Gasteiger partial charge in [-0.25, -0.2) is 9.99 Å². The Balaban J connectivity index is 1.97. The third-order valence-electron chi connectivity index (χ3n) is 5.27. The van der Waals surface area contributed by atoms with Gasteiger partial charge in [0, 0.05) is 26.3 Å². The molecule has 1 aromatic heterocycles. The largest absolute Gasteiger partial charge is 0.416 e. The SMILES string of the molecule is Cc1cc(C(F)(F)F)cc(N2CC3CCCC3C2C(=O)C(=O)NN(C)C)n1. The molecular weight excluding hydrogens is 361 g/mol. The van der Waals surface area contributed by atoms with Gasteiger partial charge in [0.15, 0.2) is 0 Å². The Kier molecular flexibility index (Phi) is 5.16. The minimum absolute atomic E-state index is 0.0398. The molecule has 3 rings (SSSR count). The second-order valence-corrected chi connectivity index (χ2v) is 7.50. The maximum atomic E-state index is 13.2. The minimum Gasteiger partial charge on any atom is -0.345 e. The quantitative estimate of drug-likeness (QED) is 0.637. The Morgan fingerprint density at radius 2 is 1.96 bits per heavy atom. The van der Waals surface area contributed by atoms with Crippen molar-refractivity contribution >= 4 is 17.5 Å². The van der Waals surface area contributed by atoms with E-state index >= 15 is 0 Å². The molecule has 0 bridgehead atoms. The van der Waals surface area contributed by atoms with Crippen LogP contribution < -0.4 is 10.3 Å². The standard InChI is InChI=1S/C18H23F3N4O2/c1-10-7-12(18(19,20)21)8-14(22-10)25-9-11-5-4-6-13(11)15(25)16(26)17(27)23-24(2)3/h7-8,11,13,15H,4-6,9H2,1-3H3,(H,23,27). The molecule has 27 heavy (non-hydrogen) atoms. The first-order valence-electron chi connectivity index (χ1n) is 8.92. The van der Waals surface area contributed by atoms with Crippen LogP contribution in [-0.4, -0.2) is 48.4 Å². The molecule has 0 radical (unpaired) electrons. The molecule has 2 aliphatic rings. The molecule has 9 heteroatoms. The van der Waals surface area contributed by atoms with E-state index in [1.54, 1.807) is 19.0 Å². The number of rotatable bonds is 4. The van der Waals surface area contributed by atoms with Gasteiger partial charge in [-0.2, -0.15) is 13.2 Å². The zero-order valence-corrected chi connectivity index (χ0v) is 15.5. The third-order valence-corrected chi connectivity index (χ3v) is 5.27. The average Bonchev–Trinajstić information content (AvgIpc) is 3.12. The number of fused-ring (bicyclic) bond motifs is 1. The summed E-state index contributed by atoms with van der Waals surface area (Å²) in [5.41, 5.74) is 1.86. The highest BCUT2D eigenvalue weighted by Crippen LogP contribution is 2.44. The molecule has 1 saturated carbocycles. The van der Waals surface area contributed by atoms with Crippen LogP contribution in [0.5, 0.6) is 0 Å². The number of amides is 1. The van der Waals surface area contributed by atoms with Crippen molar-refractivity contribution < 1.29 is 22.8 Å². The van der Waals surface area contributed by atoms with Crippen LogP contribution in [0.3, 0.4) is 0 Å². The Morgan fingerprint density at radius 3 is 2.59 bits per heavy atom. The maximum absolute atomic E-state index is 13.2. The predicted octanol–water partition coefficient (Wildman–Crippen LogP) is 2.18. The van der Waals surface area contributed by atoms with Crippen molar-refractivity contribution in [2.45, 2.75) is 38.4 Å². The zero-order valence-electron chi connectivity index (χ0n) is 15.5. The molecule has 6 nitrogen and oxygen atoms in total. The number of pyridine rings is 1. The second kappa shape index (κ2) is 7.10. The van der Waals surface area contributed by atoms with E-state index in [0.717, 1.165) is 31.4 Å². The number of ketones is 1. The number of nitrogens with zero attached hydrogens (tertiary/aromatic N) is 3. The van der Waals surface area contributed by atoms with E-state index in [0.29, 0.717) is 6.54 Å². The number of halogens is 3. The van der Waals surface area contributed by atoms with E-state index < -0.39 is 29.5 Å². The summed E-state index contributed by atoms with van der Waals surface area (Å²) in [6.07, 6.45) is -1.86. The van der Waals surface area contributed by atoms with Gasteiger partial charge in [0.2, 0.25) is 5.78 Å². The first-order valence-corrected chi connectivity index (χ1v) is 8.92. The van der Waals surface area contributed by atoms with Crippen molar-refractivity contribution in [1.29, 1.82) is 0 Å². The van der Waals surface area contributed by atoms with Crippen molar-refractivity contribution in [3.05, 3.63) is 23.4 Å². The molecule has 2 fully saturated rings. The molecule has 3 unspecified atom stereocenters. The fourth-order valence-corrected chi connectivity index (χ4v) is 4.23. The molecule has 0 aromatic carbocycles. The van der Waals surface area contributed by atoms with Gasteiger partial charge in [-0.15, -0.1) is 0 Å². The van der Waals surface area contributed by atoms with E-state index in [2.05, 4.69) is 10.4 Å². The summed E-state index contributed by atoms with van der Waals surface area (Å²) in [4.78, 5) is 30.9. The smallest absolute Gasteiger partial charge is 0.345 e. The fourth-order valence-electron chi connectivity index (χ4n) is 4.23. The van der Waals surface area contributed by atoms with Crippen LogP contribution in [0.2, 0.25) is 0 Å². The highest BCUT2D eigenvalue weighted by Gasteiger charge is 2.50. The number of carbonyl (C=O) groups is 2. The Labute approximate surface area is 155 Å². The fraction of sp³-hybridized carbons (Fsp3) is 0.611. The number of anilines is 1. The van der Waals surface area contributed by atoms with Crippen molar-refractivity contribution in [3.63, 3.8) is 0 Å². The molecule has 3 atom stereocenters. The number of hydrazine groups is 1. The molecule has 1 aromatic rings. The first-order chi connectivity index (χ1) is 12.6. The molecule has 1 amide bonds. The summed E-state index contributed by atoms with van der Waals surface area (Å²) in [5.74, 6) is -1.14. The summed E-state index contributed by atoms with van der Waals surface area (Å²) >= 11 is 0. The summed E-state index contributed by atoms with van der Waals surface area (Å²) in [6, 6.07) is 1.17. The number of hydrogen-bond acceptors (Lipinski definition) is 5. The van der Waals surface area contributed by atoms with E-state index in [4.69, 9.17) is 0 Å². The molecular formula is C18H23F3N4O2. The van der Waals surface area contributed by atoms with E-state index in [-0.39, 0.29) is 23.3 Å². The van der Waals surface area contributed by atoms with Gasteiger partial charge in [0.1, 0.15) is 11.9 Å². The summed E-state index contributed by atoms with van der Waals surface area (Å²) in [6.45, 7) is 1.93. The van der Waals surface area contributed by atoms with Crippen molar-refractivity contribution in [2.24, 2.45) is 11.8 Å². The lowest BCUT2D eigenvalue weighted by molar-refractivity contribution is -0.141. The van der Waals surface area contributed by atoms with E-state index in [1.807, 2.05) is 0 Å². The molecule has 1 aliphatic carbocycles. The normalized spacial score (nSPS) is 25.0. The first kappa shape index (κ1) is 19.6. The maximum Gasteiger partial charge on any atom is 0.416 e. The Bertz CT molecular complexity index is 751. The Hall–Kier alpha value is -2.16. The lowest BCUT2D eigenvalue weighted by Crippen LogP contribution is -2.50. The minimum atomic E-state index is -4.50. The Morgan fingerprint density at radius 1 is 1.26 bits per heavy atom. The molecule has 0 spiro atoms. The van der Waals surface area contributed by atoms with Gasteiger partial charge < -0.3 is 4.90 Å². The lowest BCUT2D eigenvalue weighted by atomic mass is 9.91. The number of alkyl halides is 3. The van der Waals surface area contributed by atoms with Gasteiger partial charge in [-0.3, -0.25) is 15.0 Å². The van der Waals surface area contributed by atoms with Crippen LogP contribution >= 0.6 is 0 Å². The number of aryl methyl sites for hydroxylation is 1. The van der Waals surface area contributed by atoms with Crippen LogP contribution in [-0.2, 0) is 15.8 Å². The summed E-state index contributed by atoms with van der Waals surface area (Å²) in [7, 11) is 3.18. The van der Waals surface area contributed by atoms with Crippen LogP contribution in [0.4, 0.5) is 19.0 Å². The molecule has 148 valence electrons. The van der Waals surface area contributed by atoms with Crippen molar-refractivity contribution in [1.82, 2.24) is 15.4 Å². The van der Waals surface area contributed by atoms with Crippen LogP contribution in [0.1, 0.15) is 30.5 Å². The molecule has 1 N–H and O–H groups in total. The van der Waals surface area contributed by atoms with E-state index in [1.165, 1.54) is 11.9 Å². The number of nitrogens with one attached hydrogen (secondary N) is 1. The number of Topliss-reactive ketones (excluding diaryl/α,β-unsaturated/α-hetero) is 1. The van der Waals surface area contributed by atoms with Gasteiger partial charge >= 0.3 is 12.1 Å². The number of carbonyl (C=O) groups excluding carboxylic acids is 2. The van der Waals surface area contributed by atoms with Crippen molar-refractivity contribution in [2.75, 3.05) is 25.5 Å². The zero-order chi connectivity index (χ0) is 19.9. The van der Waals surface area contributed by atoms with E-state index in [9.17, 15) is 22.8 Å². The van der Waals surface area contributed by atoms with Crippen LogP contribution in [0.15, 0.2) is 12.1 Å². The number of hydrogen-bond donors (Lipinski definition) is 1. The summed E-state index contributed by atoms with van der Waals surface area (Å²) in [5, 5.41) is 1.37. The highest BCUT2D eigenvalue weighted by molar-refractivity contribution is 6.38. The van der Waals surface area contributed by atoms with Gasteiger partial charge in [0.05, 0.1) is 5.56 Å². The summed E-state index contributed by atoms with van der Waals surface area (Å²) < 4.78 is 39.6. The monoisotopic (exact) mass is 384 g/mol. The average molecular weight is 384 g/mol. The highest BCUT2D eigenvalue weighted by atomic mass is 19.4. The third kappa shape index (κ3) is 3.92. The van der Waals surface area contributed by atoms with Crippen LogP contribution in [0.25, 0.3) is 0 Å². The lowest BCUT2D eigenvalue weighted by Gasteiger charge is -2.28. The van der Waals surface area contributed by atoms with Gasteiger partial charge in [-0.05, 0) is 43.7 Å². The second-order valence-electron chi connectivity index (χ2n) is 7.50. The van der Waals surface area contributed by atoms with Crippen LogP contribution in [0, 0.1) is 18.8 Å². The molecule has 1 saturated heterocycles. The number of aromatic nitrogens is 1. The molecule has 1 aliphatic heterocycles. The predicted molar refractivity (Wildman–Crippen MR) is 92.8 cm³/mol.